The van der Waals surface area contributed by atoms with Crippen molar-refractivity contribution in [2.24, 2.45) is 11.7 Å². The lowest BCUT2D eigenvalue weighted by Crippen LogP contribution is -2.32. The van der Waals surface area contributed by atoms with Crippen LogP contribution in [-0.4, -0.2) is 25.0 Å². The zero-order valence-corrected chi connectivity index (χ0v) is 11.5. The molecule has 0 saturated heterocycles. The van der Waals surface area contributed by atoms with Crippen molar-refractivity contribution in [2.45, 2.75) is 26.3 Å². The number of anilines is 1. The van der Waals surface area contributed by atoms with Gasteiger partial charge in [-0.3, -0.25) is 4.79 Å². The third-order valence-corrected chi connectivity index (χ3v) is 2.70. The molecule has 1 aromatic rings. The zero-order chi connectivity index (χ0) is 14.4. The van der Waals surface area contributed by atoms with E-state index in [2.05, 4.69) is 5.32 Å². The number of carbonyl (C=O) groups excluding carboxylic acids is 2. The van der Waals surface area contributed by atoms with Gasteiger partial charge in [-0.15, -0.1) is 0 Å². The Morgan fingerprint density at radius 1 is 1.26 bits per heavy atom. The Morgan fingerprint density at radius 2 is 1.84 bits per heavy atom. The van der Waals surface area contributed by atoms with E-state index in [0.29, 0.717) is 17.9 Å². The molecule has 0 fully saturated rings. The summed E-state index contributed by atoms with van der Waals surface area (Å²) in [7, 11) is 1.37. The molecular formula is C14H20N2O3. The number of amides is 1. The Kier molecular flexibility index (Phi) is 5.36. The fourth-order valence-corrected chi connectivity index (χ4v) is 1.76. The van der Waals surface area contributed by atoms with Crippen molar-refractivity contribution in [1.29, 1.82) is 0 Å². The van der Waals surface area contributed by atoms with Crippen LogP contribution in [0.1, 0.15) is 30.6 Å². The van der Waals surface area contributed by atoms with E-state index in [-0.39, 0.29) is 5.97 Å². The normalized spacial score (nSPS) is 12.0. The summed E-state index contributed by atoms with van der Waals surface area (Å²) in [5.41, 5.74) is 6.35. The maximum atomic E-state index is 11.7. The highest BCUT2D eigenvalue weighted by atomic mass is 16.5. The second-order valence-corrected chi connectivity index (χ2v) is 4.79. The van der Waals surface area contributed by atoms with Crippen molar-refractivity contribution >= 4 is 17.6 Å². The summed E-state index contributed by atoms with van der Waals surface area (Å²) in [6.45, 7) is 4.07. The number of primary amides is 1. The maximum absolute atomic E-state index is 11.7. The molecule has 0 bridgehead atoms. The Balaban J connectivity index is 2.78. The molecule has 0 aliphatic carbocycles. The highest BCUT2D eigenvalue weighted by Gasteiger charge is 2.20. The lowest BCUT2D eigenvalue weighted by molar-refractivity contribution is -0.141. The van der Waals surface area contributed by atoms with E-state index >= 15 is 0 Å². The van der Waals surface area contributed by atoms with E-state index in [1.165, 1.54) is 7.11 Å². The van der Waals surface area contributed by atoms with Crippen molar-refractivity contribution < 1.29 is 14.3 Å². The lowest BCUT2D eigenvalue weighted by atomic mass is 10.0. The molecule has 3 N–H and O–H groups in total. The minimum atomic E-state index is -0.474. The third kappa shape index (κ3) is 4.62. The van der Waals surface area contributed by atoms with E-state index < -0.39 is 11.9 Å². The van der Waals surface area contributed by atoms with E-state index in [0.717, 1.165) is 5.69 Å². The summed E-state index contributed by atoms with van der Waals surface area (Å²) in [6.07, 6.45) is 0.671. The number of rotatable bonds is 6. The van der Waals surface area contributed by atoms with Gasteiger partial charge in [-0.25, -0.2) is 4.79 Å². The van der Waals surface area contributed by atoms with Gasteiger partial charge in [-0.1, -0.05) is 13.8 Å². The Bertz CT molecular complexity index is 441. The summed E-state index contributed by atoms with van der Waals surface area (Å²) >= 11 is 0. The summed E-state index contributed by atoms with van der Waals surface area (Å²) in [5, 5.41) is 3.10. The minimum Gasteiger partial charge on any atom is -0.467 e. The smallest absolute Gasteiger partial charge is 0.328 e. The number of carbonyl (C=O) groups is 2. The molecule has 0 aliphatic heterocycles. The van der Waals surface area contributed by atoms with Gasteiger partial charge < -0.3 is 15.8 Å². The molecule has 0 heterocycles. The molecule has 1 rings (SSSR count). The van der Waals surface area contributed by atoms with Crippen LogP contribution in [0.3, 0.4) is 0 Å². The molecule has 0 radical (unpaired) electrons. The number of esters is 1. The molecule has 1 aromatic carbocycles. The Hall–Kier alpha value is -2.04. The van der Waals surface area contributed by atoms with Crippen LogP contribution in [0.4, 0.5) is 5.69 Å². The molecular weight excluding hydrogens is 244 g/mol. The van der Waals surface area contributed by atoms with Crippen LogP contribution in [0.25, 0.3) is 0 Å². The highest BCUT2D eigenvalue weighted by molar-refractivity contribution is 5.93. The van der Waals surface area contributed by atoms with Crippen LogP contribution in [0.5, 0.6) is 0 Å². The average Bonchev–Trinajstić information content (AvgIpc) is 2.37. The first-order valence-electron chi connectivity index (χ1n) is 6.18. The average molecular weight is 264 g/mol. The molecule has 19 heavy (non-hydrogen) atoms. The molecule has 0 aliphatic rings. The Morgan fingerprint density at radius 3 is 2.26 bits per heavy atom. The van der Waals surface area contributed by atoms with E-state index in [9.17, 15) is 9.59 Å². The monoisotopic (exact) mass is 264 g/mol. The number of benzene rings is 1. The quantitative estimate of drug-likeness (QED) is 0.767. The summed E-state index contributed by atoms with van der Waals surface area (Å²) in [6, 6.07) is 6.28. The molecule has 104 valence electrons. The largest absolute Gasteiger partial charge is 0.467 e. The zero-order valence-electron chi connectivity index (χ0n) is 11.5. The van der Waals surface area contributed by atoms with Crippen molar-refractivity contribution in [2.75, 3.05) is 12.4 Å². The molecule has 0 aromatic heterocycles. The molecule has 1 amide bonds. The topological polar surface area (TPSA) is 81.4 Å². The second kappa shape index (κ2) is 6.78. The van der Waals surface area contributed by atoms with Crippen LogP contribution < -0.4 is 11.1 Å². The van der Waals surface area contributed by atoms with Crippen LogP contribution in [0.15, 0.2) is 24.3 Å². The first-order valence-corrected chi connectivity index (χ1v) is 6.18. The van der Waals surface area contributed by atoms with Crippen molar-refractivity contribution in [3.63, 3.8) is 0 Å². The highest BCUT2D eigenvalue weighted by Crippen LogP contribution is 2.15. The van der Waals surface area contributed by atoms with Gasteiger partial charge in [-0.2, -0.15) is 0 Å². The number of hydrogen-bond donors (Lipinski definition) is 2. The number of nitrogens with two attached hydrogens (primary N) is 1. The summed E-state index contributed by atoms with van der Waals surface area (Å²) in [5.74, 6) is -0.410. The number of hydrogen-bond acceptors (Lipinski definition) is 4. The summed E-state index contributed by atoms with van der Waals surface area (Å²) < 4.78 is 4.77. The van der Waals surface area contributed by atoms with Crippen LogP contribution >= 0.6 is 0 Å². The Labute approximate surface area is 113 Å². The van der Waals surface area contributed by atoms with Crippen LogP contribution in [0, 0.1) is 5.92 Å². The second-order valence-electron chi connectivity index (χ2n) is 4.79. The lowest BCUT2D eigenvalue weighted by Gasteiger charge is -2.19. The van der Waals surface area contributed by atoms with E-state index in [1.807, 2.05) is 13.8 Å². The van der Waals surface area contributed by atoms with Crippen molar-refractivity contribution in [3.05, 3.63) is 29.8 Å². The van der Waals surface area contributed by atoms with Crippen molar-refractivity contribution in [3.8, 4) is 0 Å². The number of nitrogens with one attached hydrogen (secondary N) is 1. The van der Waals surface area contributed by atoms with Gasteiger partial charge in [0, 0.05) is 11.3 Å². The fraction of sp³-hybridized carbons (Fsp3) is 0.429. The number of ether oxygens (including phenoxy) is 1. The fourth-order valence-electron chi connectivity index (χ4n) is 1.76. The minimum absolute atomic E-state index is 0.298. The molecule has 1 unspecified atom stereocenters. The standard InChI is InChI=1S/C14H20N2O3/c1-9(2)8-12(14(18)19-3)16-11-6-4-10(5-7-11)13(15)17/h4-7,9,12,16H,8H2,1-3H3,(H2,15,17). The van der Waals surface area contributed by atoms with Crippen LogP contribution in [-0.2, 0) is 9.53 Å². The predicted molar refractivity (Wildman–Crippen MR) is 73.8 cm³/mol. The van der Waals surface area contributed by atoms with Crippen LogP contribution in [0.2, 0.25) is 0 Å². The van der Waals surface area contributed by atoms with E-state index in [4.69, 9.17) is 10.5 Å². The van der Waals surface area contributed by atoms with Gasteiger partial charge in [-0.05, 0) is 36.6 Å². The maximum Gasteiger partial charge on any atom is 0.328 e. The summed E-state index contributed by atoms with van der Waals surface area (Å²) in [4.78, 5) is 22.6. The number of methoxy groups -OCH3 is 1. The van der Waals surface area contributed by atoms with Gasteiger partial charge in [0.05, 0.1) is 7.11 Å². The molecule has 0 spiro atoms. The van der Waals surface area contributed by atoms with Gasteiger partial charge in [0.15, 0.2) is 0 Å². The first kappa shape index (κ1) is 15.0. The SMILES string of the molecule is COC(=O)C(CC(C)C)Nc1ccc(C(N)=O)cc1. The van der Waals surface area contributed by atoms with Gasteiger partial charge >= 0.3 is 5.97 Å². The predicted octanol–water partition coefficient (Wildman–Crippen LogP) is 1.79. The first-order chi connectivity index (χ1) is 8.93. The van der Waals surface area contributed by atoms with Gasteiger partial charge in [0.25, 0.3) is 0 Å². The van der Waals surface area contributed by atoms with E-state index in [1.54, 1.807) is 24.3 Å². The molecule has 1 atom stereocenters. The van der Waals surface area contributed by atoms with Gasteiger partial charge in [0.2, 0.25) is 5.91 Å². The molecule has 5 nitrogen and oxygen atoms in total. The molecule has 5 heteroatoms. The van der Waals surface area contributed by atoms with Gasteiger partial charge in [0.1, 0.15) is 6.04 Å². The third-order valence-electron chi connectivity index (χ3n) is 2.70. The van der Waals surface area contributed by atoms with Crippen molar-refractivity contribution in [1.82, 2.24) is 0 Å². The molecule has 0 saturated carbocycles.